The number of methoxy groups -OCH3 is 1. The Bertz CT molecular complexity index is 797. The molecule has 1 aliphatic rings. The summed E-state index contributed by atoms with van der Waals surface area (Å²) in [6.45, 7) is 4.42. The molecule has 7 nitrogen and oxygen atoms in total. The van der Waals surface area contributed by atoms with Gasteiger partial charge in [0.15, 0.2) is 6.54 Å². The first-order valence-electron chi connectivity index (χ1n) is 9.36. The van der Waals surface area contributed by atoms with E-state index in [0.29, 0.717) is 18.7 Å². The van der Waals surface area contributed by atoms with Crippen LogP contribution in [0.25, 0.3) is 0 Å². The van der Waals surface area contributed by atoms with Gasteiger partial charge < -0.3 is 25.0 Å². The molecule has 0 spiro atoms. The van der Waals surface area contributed by atoms with Crippen molar-refractivity contribution in [2.45, 2.75) is 6.54 Å². The van der Waals surface area contributed by atoms with E-state index in [1.54, 1.807) is 24.3 Å². The Morgan fingerprint density at radius 2 is 1.71 bits per heavy atom. The predicted octanol–water partition coefficient (Wildman–Crippen LogP) is 0.200. The number of anilines is 1. The summed E-state index contributed by atoms with van der Waals surface area (Å²) in [6, 6.07) is 14.2. The zero-order chi connectivity index (χ0) is 19.9. The van der Waals surface area contributed by atoms with Gasteiger partial charge >= 0.3 is 5.97 Å². The molecule has 0 aliphatic carbocycles. The number of esters is 1. The summed E-state index contributed by atoms with van der Waals surface area (Å²) in [5.41, 5.74) is 2.53. The maximum absolute atomic E-state index is 12.2. The van der Waals surface area contributed by atoms with Crippen LogP contribution in [0.15, 0.2) is 48.5 Å². The molecule has 0 saturated carbocycles. The molecule has 1 amide bonds. The topological polar surface area (TPSA) is 83.3 Å². The molecular weight excluding hydrogens is 358 g/mol. The Kier molecular flexibility index (Phi) is 6.49. The maximum Gasteiger partial charge on any atom is 0.337 e. The van der Waals surface area contributed by atoms with Gasteiger partial charge in [-0.15, -0.1) is 0 Å². The molecule has 1 fully saturated rings. The first-order chi connectivity index (χ1) is 13.5. The van der Waals surface area contributed by atoms with E-state index in [1.165, 1.54) is 12.0 Å². The summed E-state index contributed by atoms with van der Waals surface area (Å²) in [6.07, 6.45) is 0. The summed E-state index contributed by atoms with van der Waals surface area (Å²) in [5, 5.41) is 12.3. The number of ether oxygens (including phenoxy) is 1. The molecule has 0 radical (unpaired) electrons. The van der Waals surface area contributed by atoms with Crippen molar-refractivity contribution >= 4 is 17.6 Å². The van der Waals surface area contributed by atoms with Gasteiger partial charge in [-0.25, -0.2) is 4.79 Å². The molecule has 0 atom stereocenters. The number of piperazine rings is 1. The van der Waals surface area contributed by atoms with E-state index in [9.17, 15) is 14.7 Å². The lowest BCUT2D eigenvalue weighted by atomic mass is 10.1. The smallest absolute Gasteiger partial charge is 0.337 e. The number of carbonyl (C=O) groups excluding carboxylic acids is 2. The summed E-state index contributed by atoms with van der Waals surface area (Å²) in [5.74, 6) is -0.0830. The highest BCUT2D eigenvalue weighted by atomic mass is 16.5. The Balaban J connectivity index is 1.41. The number of phenolic OH excluding ortho intramolecular Hbond substituents is 1. The van der Waals surface area contributed by atoms with Crippen LogP contribution in [0.2, 0.25) is 0 Å². The van der Waals surface area contributed by atoms with Crippen LogP contribution in [0.5, 0.6) is 5.75 Å². The number of carbonyl (C=O) groups is 2. The molecule has 148 valence electrons. The Morgan fingerprint density at radius 1 is 1.07 bits per heavy atom. The standard InChI is InChI=1S/C21H25N3O4/c1-28-21(27)17-4-2-16(3-5-17)14-22-20(26)15-23-10-12-24(13-11-23)18-6-8-19(25)9-7-18/h2-9,25H,10-15H2,1H3,(H,22,26)/p+1. The van der Waals surface area contributed by atoms with Crippen molar-refractivity contribution < 1.29 is 24.3 Å². The van der Waals surface area contributed by atoms with Crippen LogP contribution >= 0.6 is 0 Å². The minimum absolute atomic E-state index is 0.0186. The second-order valence-corrected chi connectivity index (χ2v) is 6.90. The fraction of sp³-hybridized carbons (Fsp3) is 0.333. The van der Waals surface area contributed by atoms with Crippen LogP contribution in [-0.4, -0.2) is 56.8 Å². The van der Waals surface area contributed by atoms with Gasteiger partial charge in [0.2, 0.25) is 0 Å². The Morgan fingerprint density at radius 3 is 2.32 bits per heavy atom. The molecule has 2 aromatic carbocycles. The van der Waals surface area contributed by atoms with Crippen LogP contribution < -0.4 is 15.1 Å². The van der Waals surface area contributed by atoms with Gasteiger partial charge in [-0.2, -0.15) is 0 Å². The van der Waals surface area contributed by atoms with E-state index in [2.05, 4.69) is 15.0 Å². The number of benzene rings is 2. The van der Waals surface area contributed by atoms with E-state index in [1.807, 2.05) is 24.3 Å². The molecule has 0 unspecified atom stereocenters. The molecule has 1 aliphatic heterocycles. The Labute approximate surface area is 164 Å². The lowest BCUT2D eigenvalue weighted by Gasteiger charge is -2.33. The molecule has 3 N–H and O–H groups in total. The van der Waals surface area contributed by atoms with Gasteiger partial charge in [-0.1, -0.05) is 12.1 Å². The van der Waals surface area contributed by atoms with Crippen molar-refractivity contribution in [3.63, 3.8) is 0 Å². The third-order valence-electron chi connectivity index (χ3n) is 4.96. The third kappa shape index (κ3) is 5.23. The fourth-order valence-corrected chi connectivity index (χ4v) is 3.29. The molecule has 7 heteroatoms. The number of nitrogens with one attached hydrogen (secondary N) is 2. The average molecular weight is 384 g/mol. The molecular formula is C21H26N3O4+. The summed E-state index contributed by atoms with van der Waals surface area (Å²) in [7, 11) is 1.35. The second kappa shape index (κ2) is 9.23. The summed E-state index contributed by atoms with van der Waals surface area (Å²) < 4.78 is 4.67. The molecule has 3 rings (SSSR count). The monoisotopic (exact) mass is 384 g/mol. The zero-order valence-electron chi connectivity index (χ0n) is 16.0. The van der Waals surface area contributed by atoms with Crippen molar-refractivity contribution in [1.29, 1.82) is 0 Å². The van der Waals surface area contributed by atoms with Crippen LogP contribution in [0.3, 0.4) is 0 Å². The molecule has 0 aromatic heterocycles. The van der Waals surface area contributed by atoms with Crippen molar-refractivity contribution in [3.05, 3.63) is 59.7 Å². The highest BCUT2D eigenvalue weighted by molar-refractivity contribution is 5.89. The van der Waals surface area contributed by atoms with Gasteiger partial charge in [0.25, 0.3) is 5.91 Å². The van der Waals surface area contributed by atoms with E-state index >= 15 is 0 Å². The summed E-state index contributed by atoms with van der Waals surface area (Å²) >= 11 is 0. The SMILES string of the molecule is COC(=O)c1ccc(CNC(=O)C[NH+]2CCN(c3ccc(O)cc3)CC2)cc1. The number of quaternary nitrogens is 1. The average Bonchev–Trinajstić information content (AvgIpc) is 2.73. The molecule has 0 bridgehead atoms. The van der Waals surface area contributed by atoms with Crippen LogP contribution in [0.4, 0.5) is 5.69 Å². The second-order valence-electron chi connectivity index (χ2n) is 6.90. The summed E-state index contributed by atoms with van der Waals surface area (Å²) in [4.78, 5) is 27.2. The molecule has 1 saturated heterocycles. The number of amides is 1. The molecule has 2 aromatic rings. The van der Waals surface area contributed by atoms with Crippen molar-refractivity contribution in [3.8, 4) is 5.75 Å². The number of aromatic hydroxyl groups is 1. The zero-order valence-corrected chi connectivity index (χ0v) is 16.0. The van der Waals surface area contributed by atoms with Gasteiger partial charge in [-0.3, -0.25) is 4.79 Å². The normalized spacial score (nSPS) is 14.5. The van der Waals surface area contributed by atoms with E-state index in [0.717, 1.165) is 37.4 Å². The van der Waals surface area contributed by atoms with Crippen molar-refractivity contribution in [2.24, 2.45) is 0 Å². The Hall–Kier alpha value is -3.06. The predicted molar refractivity (Wildman–Crippen MR) is 106 cm³/mol. The van der Waals surface area contributed by atoms with Crippen LogP contribution in [-0.2, 0) is 16.1 Å². The van der Waals surface area contributed by atoms with Gasteiger partial charge in [0.05, 0.1) is 38.9 Å². The van der Waals surface area contributed by atoms with Crippen molar-refractivity contribution in [2.75, 3.05) is 44.7 Å². The lowest BCUT2D eigenvalue weighted by molar-refractivity contribution is -0.892. The highest BCUT2D eigenvalue weighted by Gasteiger charge is 2.22. The third-order valence-corrected chi connectivity index (χ3v) is 4.96. The first kappa shape index (κ1) is 19.7. The number of rotatable bonds is 6. The number of nitrogens with zero attached hydrogens (tertiary/aromatic N) is 1. The minimum Gasteiger partial charge on any atom is -0.508 e. The molecule has 28 heavy (non-hydrogen) atoms. The molecule has 1 heterocycles. The van der Waals surface area contributed by atoms with Gasteiger partial charge in [0, 0.05) is 12.2 Å². The lowest BCUT2D eigenvalue weighted by Crippen LogP contribution is -3.15. The van der Waals surface area contributed by atoms with Gasteiger partial charge in [-0.05, 0) is 42.0 Å². The van der Waals surface area contributed by atoms with Crippen molar-refractivity contribution in [1.82, 2.24) is 5.32 Å². The van der Waals surface area contributed by atoms with E-state index < -0.39 is 0 Å². The van der Waals surface area contributed by atoms with E-state index in [-0.39, 0.29) is 17.6 Å². The largest absolute Gasteiger partial charge is 0.508 e. The van der Waals surface area contributed by atoms with Crippen LogP contribution in [0, 0.1) is 0 Å². The van der Waals surface area contributed by atoms with Crippen LogP contribution in [0.1, 0.15) is 15.9 Å². The maximum atomic E-state index is 12.2. The number of hydrogen-bond acceptors (Lipinski definition) is 5. The minimum atomic E-state index is -0.370. The van der Waals surface area contributed by atoms with E-state index in [4.69, 9.17) is 0 Å². The number of phenols is 1. The fourth-order valence-electron chi connectivity index (χ4n) is 3.29. The number of hydrogen-bond donors (Lipinski definition) is 3. The first-order valence-corrected chi connectivity index (χ1v) is 9.36. The quantitative estimate of drug-likeness (QED) is 0.620. The van der Waals surface area contributed by atoms with Gasteiger partial charge in [0.1, 0.15) is 5.75 Å². The highest BCUT2D eigenvalue weighted by Crippen LogP contribution is 2.18.